The van der Waals surface area contributed by atoms with Crippen LogP contribution in [0.1, 0.15) is 35.1 Å². The number of thiophene rings is 1. The van der Waals surface area contributed by atoms with Crippen molar-refractivity contribution in [2.75, 3.05) is 18.2 Å². The number of anilines is 2. The lowest BCUT2D eigenvalue weighted by Gasteiger charge is -2.05. The molecule has 0 atom stereocenters. The number of benzene rings is 1. The quantitative estimate of drug-likeness (QED) is 0.743. The van der Waals surface area contributed by atoms with Gasteiger partial charge in [0.2, 0.25) is 0 Å². The molecule has 0 saturated heterocycles. The fraction of sp³-hybridized carbons (Fsp3) is 0.222. The molecule has 0 radical (unpaired) electrons. The smallest absolute Gasteiger partial charge is 0.267 e. The van der Waals surface area contributed by atoms with Crippen LogP contribution in [0.3, 0.4) is 0 Å². The van der Waals surface area contributed by atoms with Crippen LogP contribution in [0.2, 0.25) is 0 Å². The lowest BCUT2D eigenvalue weighted by atomic mass is 10.1. The molecule has 0 aliphatic rings. The number of nitrogens with one attached hydrogen (secondary N) is 1. The molecule has 0 aliphatic heterocycles. The molecule has 2 aromatic heterocycles. The molecule has 124 valence electrons. The normalized spacial score (nSPS) is 11.0. The number of pyridine rings is 1. The number of methoxy groups -OCH3 is 1. The molecule has 0 aliphatic carbocycles. The molecule has 5 nitrogen and oxygen atoms in total. The van der Waals surface area contributed by atoms with Crippen LogP contribution in [0.25, 0.3) is 10.2 Å². The Hall–Kier alpha value is -2.60. The van der Waals surface area contributed by atoms with Gasteiger partial charge in [0.15, 0.2) is 0 Å². The Kier molecular flexibility index (Phi) is 4.40. The first-order valence-corrected chi connectivity index (χ1v) is 8.45. The van der Waals surface area contributed by atoms with Crippen LogP contribution in [0.15, 0.2) is 36.4 Å². The van der Waals surface area contributed by atoms with Gasteiger partial charge in [0, 0.05) is 16.8 Å². The van der Waals surface area contributed by atoms with Gasteiger partial charge >= 0.3 is 0 Å². The summed E-state index contributed by atoms with van der Waals surface area (Å²) in [6, 6.07) is 11.1. The number of rotatable bonds is 4. The Morgan fingerprint density at radius 2 is 1.92 bits per heavy atom. The Balaban J connectivity index is 1.89. The molecular weight excluding hydrogens is 322 g/mol. The van der Waals surface area contributed by atoms with E-state index in [1.54, 1.807) is 31.4 Å². The number of nitrogen functional groups attached to an aromatic ring is 1. The van der Waals surface area contributed by atoms with E-state index < -0.39 is 0 Å². The summed E-state index contributed by atoms with van der Waals surface area (Å²) in [4.78, 5) is 18.4. The third-order valence-electron chi connectivity index (χ3n) is 3.76. The van der Waals surface area contributed by atoms with Gasteiger partial charge in [-0.1, -0.05) is 13.8 Å². The highest BCUT2D eigenvalue weighted by atomic mass is 32.1. The number of hydrogen-bond donors (Lipinski definition) is 2. The predicted molar refractivity (Wildman–Crippen MR) is 99.1 cm³/mol. The molecule has 0 fully saturated rings. The lowest BCUT2D eigenvalue weighted by Crippen LogP contribution is -2.11. The second-order valence-corrected chi connectivity index (χ2v) is 6.77. The molecule has 0 unspecified atom stereocenters. The van der Waals surface area contributed by atoms with E-state index in [1.807, 2.05) is 12.1 Å². The third kappa shape index (κ3) is 3.05. The fourth-order valence-corrected chi connectivity index (χ4v) is 3.36. The number of amides is 1. The van der Waals surface area contributed by atoms with Gasteiger partial charge in [0.25, 0.3) is 5.91 Å². The number of fused-ring (bicyclic) bond motifs is 1. The Morgan fingerprint density at radius 3 is 2.54 bits per heavy atom. The van der Waals surface area contributed by atoms with E-state index in [1.165, 1.54) is 11.3 Å². The molecule has 6 heteroatoms. The minimum atomic E-state index is -0.230. The summed E-state index contributed by atoms with van der Waals surface area (Å²) >= 11 is 1.32. The zero-order valence-corrected chi connectivity index (χ0v) is 14.6. The first-order chi connectivity index (χ1) is 11.5. The van der Waals surface area contributed by atoms with Gasteiger partial charge in [0.05, 0.1) is 12.8 Å². The van der Waals surface area contributed by atoms with Crippen molar-refractivity contribution >= 4 is 38.8 Å². The summed E-state index contributed by atoms with van der Waals surface area (Å²) in [7, 11) is 1.60. The summed E-state index contributed by atoms with van der Waals surface area (Å²) in [6.07, 6.45) is 0. The summed E-state index contributed by atoms with van der Waals surface area (Å²) in [6.45, 7) is 4.17. The Morgan fingerprint density at radius 1 is 1.21 bits per heavy atom. The van der Waals surface area contributed by atoms with E-state index in [4.69, 9.17) is 10.5 Å². The van der Waals surface area contributed by atoms with Gasteiger partial charge in [-0.05, 0) is 42.3 Å². The topological polar surface area (TPSA) is 77.2 Å². The molecule has 3 rings (SSSR count). The van der Waals surface area contributed by atoms with E-state index in [2.05, 4.69) is 24.1 Å². The van der Waals surface area contributed by atoms with Gasteiger partial charge in [-0.15, -0.1) is 11.3 Å². The zero-order valence-electron chi connectivity index (χ0n) is 13.8. The first kappa shape index (κ1) is 16.3. The van der Waals surface area contributed by atoms with Gasteiger partial charge in [-0.25, -0.2) is 4.98 Å². The van der Waals surface area contributed by atoms with Crippen molar-refractivity contribution in [3.8, 4) is 5.75 Å². The second kappa shape index (κ2) is 6.49. The predicted octanol–water partition coefficient (Wildman–Crippen LogP) is 4.26. The van der Waals surface area contributed by atoms with Crippen molar-refractivity contribution in [1.29, 1.82) is 0 Å². The Labute approximate surface area is 144 Å². The maximum atomic E-state index is 12.5. The van der Waals surface area contributed by atoms with Crippen molar-refractivity contribution < 1.29 is 9.53 Å². The summed E-state index contributed by atoms with van der Waals surface area (Å²) in [5.41, 5.74) is 8.31. The number of nitrogens with zero attached hydrogens (tertiary/aromatic N) is 1. The third-order valence-corrected chi connectivity index (χ3v) is 4.87. The van der Waals surface area contributed by atoms with Crippen LogP contribution < -0.4 is 15.8 Å². The van der Waals surface area contributed by atoms with Crippen LogP contribution in [-0.2, 0) is 0 Å². The van der Waals surface area contributed by atoms with Crippen molar-refractivity contribution in [2.24, 2.45) is 0 Å². The Bertz CT molecular complexity index is 885. The largest absolute Gasteiger partial charge is 0.497 e. The van der Waals surface area contributed by atoms with Crippen LogP contribution >= 0.6 is 11.3 Å². The molecule has 0 saturated carbocycles. The van der Waals surface area contributed by atoms with Crippen LogP contribution in [0.4, 0.5) is 11.4 Å². The van der Waals surface area contributed by atoms with Crippen molar-refractivity contribution in [3.63, 3.8) is 0 Å². The molecule has 2 heterocycles. The molecular formula is C18H19N3O2S. The number of nitrogens with two attached hydrogens (primary N) is 1. The number of carbonyl (C=O) groups is 1. The van der Waals surface area contributed by atoms with E-state index >= 15 is 0 Å². The highest BCUT2D eigenvalue weighted by Gasteiger charge is 2.18. The van der Waals surface area contributed by atoms with E-state index in [0.717, 1.165) is 21.7 Å². The van der Waals surface area contributed by atoms with Gasteiger partial charge < -0.3 is 15.8 Å². The maximum absolute atomic E-state index is 12.5. The van der Waals surface area contributed by atoms with Crippen LogP contribution in [0, 0.1) is 0 Å². The second-order valence-electron chi connectivity index (χ2n) is 5.77. The van der Waals surface area contributed by atoms with Crippen LogP contribution in [0.5, 0.6) is 5.75 Å². The maximum Gasteiger partial charge on any atom is 0.267 e. The molecule has 24 heavy (non-hydrogen) atoms. The molecule has 1 aromatic carbocycles. The van der Waals surface area contributed by atoms with Crippen molar-refractivity contribution in [2.45, 2.75) is 19.8 Å². The summed E-state index contributed by atoms with van der Waals surface area (Å²) < 4.78 is 5.11. The minimum absolute atomic E-state index is 0.230. The number of hydrogen-bond acceptors (Lipinski definition) is 5. The minimum Gasteiger partial charge on any atom is -0.497 e. The molecule has 0 bridgehead atoms. The lowest BCUT2D eigenvalue weighted by molar-refractivity contribution is 0.103. The van der Waals surface area contributed by atoms with Gasteiger partial charge in [-0.3, -0.25) is 4.79 Å². The standard InChI is InChI=1S/C18H19N3O2S/c1-10(2)14-9-8-13-15(19)16(24-18(13)21-14)17(22)20-11-4-6-12(23-3)7-5-11/h4-10H,19H2,1-3H3,(H,20,22). The number of aromatic nitrogens is 1. The zero-order chi connectivity index (χ0) is 17.3. The van der Waals surface area contributed by atoms with Gasteiger partial charge in [0.1, 0.15) is 15.5 Å². The summed E-state index contributed by atoms with van der Waals surface area (Å²) in [5, 5.41) is 3.68. The van der Waals surface area contributed by atoms with Crippen molar-refractivity contribution in [1.82, 2.24) is 4.98 Å². The van der Waals surface area contributed by atoms with Gasteiger partial charge in [-0.2, -0.15) is 0 Å². The first-order valence-electron chi connectivity index (χ1n) is 7.64. The van der Waals surface area contributed by atoms with E-state index in [9.17, 15) is 4.79 Å². The average molecular weight is 341 g/mol. The average Bonchev–Trinajstić information content (AvgIpc) is 2.92. The monoisotopic (exact) mass is 341 g/mol. The molecule has 0 spiro atoms. The van der Waals surface area contributed by atoms with E-state index in [0.29, 0.717) is 22.2 Å². The molecule has 3 aromatic rings. The molecule has 1 amide bonds. The number of ether oxygens (including phenoxy) is 1. The van der Waals surface area contributed by atoms with Crippen molar-refractivity contribution in [3.05, 3.63) is 47.0 Å². The number of carbonyl (C=O) groups excluding carboxylic acids is 1. The highest BCUT2D eigenvalue weighted by Crippen LogP contribution is 2.34. The van der Waals surface area contributed by atoms with E-state index in [-0.39, 0.29) is 5.91 Å². The summed E-state index contributed by atoms with van der Waals surface area (Å²) in [5.74, 6) is 0.834. The highest BCUT2D eigenvalue weighted by molar-refractivity contribution is 7.21. The fourth-order valence-electron chi connectivity index (χ4n) is 2.36. The SMILES string of the molecule is COc1ccc(NC(=O)c2sc3nc(C(C)C)ccc3c2N)cc1. The van der Waals surface area contributed by atoms with Crippen LogP contribution in [-0.4, -0.2) is 18.0 Å². The molecule has 3 N–H and O–H groups in total.